The summed E-state index contributed by atoms with van der Waals surface area (Å²) in [6.45, 7) is 0.0127. The van der Waals surface area contributed by atoms with Crippen LogP contribution in [0.4, 0.5) is 0 Å². The number of hydrogen-bond donors (Lipinski definition) is 1. The van der Waals surface area contributed by atoms with Crippen LogP contribution < -0.4 is 5.73 Å². The van der Waals surface area contributed by atoms with E-state index in [1.807, 2.05) is 60.7 Å². The second-order valence-electron chi connectivity index (χ2n) is 7.77. The van der Waals surface area contributed by atoms with Gasteiger partial charge in [0.1, 0.15) is 6.61 Å². The van der Waals surface area contributed by atoms with Crippen LogP contribution in [0.15, 0.2) is 60.7 Å². The molecule has 0 spiro atoms. The molecule has 0 radical (unpaired) electrons. The Kier molecular flexibility index (Phi) is 7.64. The molecule has 0 aliphatic heterocycles. The standard InChI is InChI=1S/C23H29NO5S/c24-23(21-14-8-3-9-15-21,22(25)28-18-20-12-6-2-7-13-20)29-30(26,27)17-16-19-10-4-1-5-11-19/h1-2,4-7,10-13,21H,3,8-9,14-18,24H2/t23-/m1/s1. The van der Waals surface area contributed by atoms with Gasteiger partial charge in [-0.05, 0) is 30.4 Å². The van der Waals surface area contributed by atoms with Crippen LogP contribution in [0.5, 0.6) is 0 Å². The molecule has 0 unspecified atom stereocenters. The van der Waals surface area contributed by atoms with E-state index in [2.05, 4.69) is 0 Å². The van der Waals surface area contributed by atoms with Crippen LogP contribution in [-0.4, -0.2) is 25.9 Å². The summed E-state index contributed by atoms with van der Waals surface area (Å²) in [6.07, 6.45) is 4.33. The fourth-order valence-corrected chi connectivity index (χ4v) is 4.97. The van der Waals surface area contributed by atoms with E-state index in [0.29, 0.717) is 12.8 Å². The zero-order valence-corrected chi connectivity index (χ0v) is 17.9. The molecular formula is C23H29NO5S. The zero-order valence-electron chi connectivity index (χ0n) is 17.0. The highest BCUT2D eigenvalue weighted by molar-refractivity contribution is 7.86. The lowest BCUT2D eigenvalue weighted by atomic mass is 9.82. The molecule has 30 heavy (non-hydrogen) atoms. The van der Waals surface area contributed by atoms with Crippen LogP contribution in [0.25, 0.3) is 0 Å². The van der Waals surface area contributed by atoms with Gasteiger partial charge in [-0.1, -0.05) is 79.9 Å². The van der Waals surface area contributed by atoms with Crippen molar-refractivity contribution >= 4 is 16.1 Å². The molecule has 0 aromatic heterocycles. The van der Waals surface area contributed by atoms with E-state index in [1.54, 1.807) is 0 Å². The van der Waals surface area contributed by atoms with E-state index in [0.717, 1.165) is 30.4 Å². The van der Waals surface area contributed by atoms with Crippen molar-refractivity contribution in [1.29, 1.82) is 0 Å². The van der Waals surface area contributed by atoms with Crippen LogP contribution in [0.1, 0.15) is 43.2 Å². The summed E-state index contributed by atoms with van der Waals surface area (Å²) in [6, 6.07) is 18.4. The van der Waals surface area contributed by atoms with E-state index in [-0.39, 0.29) is 18.8 Å². The van der Waals surface area contributed by atoms with Gasteiger partial charge >= 0.3 is 5.97 Å². The molecule has 1 saturated carbocycles. The Morgan fingerprint density at radius 3 is 2.10 bits per heavy atom. The van der Waals surface area contributed by atoms with Gasteiger partial charge in [0.2, 0.25) is 5.72 Å². The molecule has 2 N–H and O–H groups in total. The Morgan fingerprint density at radius 1 is 0.933 bits per heavy atom. The summed E-state index contributed by atoms with van der Waals surface area (Å²) < 4.78 is 36.3. The molecule has 6 nitrogen and oxygen atoms in total. The van der Waals surface area contributed by atoms with Gasteiger partial charge in [-0.15, -0.1) is 0 Å². The van der Waals surface area contributed by atoms with Gasteiger partial charge < -0.3 is 4.74 Å². The third-order valence-corrected chi connectivity index (χ3v) is 6.73. The van der Waals surface area contributed by atoms with Crippen LogP contribution in [0, 0.1) is 5.92 Å². The minimum Gasteiger partial charge on any atom is -0.458 e. The van der Waals surface area contributed by atoms with Crippen LogP contribution >= 0.6 is 0 Å². The average molecular weight is 432 g/mol. The Labute approximate surface area is 178 Å². The predicted molar refractivity (Wildman–Crippen MR) is 115 cm³/mol. The highest BCUT2D eigenvalue weighted by Gasteiger charge is 2.48. The van der Waals surface area contributed by atoms with Crippen LogP contribution in [0.2, 0.25) is 0 Å². The van der Waals surface area contributed by atoms with Crippen LogP contribution in [0.3, 0.4) is 0 Å². The van der Waals surface area contributed by atoms with Crippen molar-refractivity contribution < 1.29 is 22.1 Å². The minimum absolute atomic E-state index is 0.0127. The summed E-state index contributed by atoms with van der Waals surface area (Å²) >= 11 is 0. The van der Waals surface area contributed by atoms with Gasteiger partial charge in [0, 0.05) is 5.92 Å². The lowest BCUT2D eigenvalue weighted by Gasteiger charge is -2.36. The second-order valence-corrected chi connectivity index (χ2v) is 9.46. The summed E-state index contributed by atoms with van der Waals surface area (Å²) in [5.41, 5.74) is 6.02. The lowest BCUT2D eigenvalue weighted by molar-refractivity contribution is -0.169. The molecule has 0 amide bonds. The summed E-state index contributed by atoms with van der Waals surface area (Å²) in [5.74, 6) is -1.49. The third kappa shape index (κ3) is 6.14. The first-order chi connectivity index (χ1) is 14.4. The van der Waals surface area contributed by atoms with E-state index in [9.17, 15) is 13.2 Å². The normalized spacial score (nSPS) is 17.2. The van der Waals surface area contributed by atoms with Gasteiger partial charge in [0.15, 0.2) is 0 Å². The van der Waals surface area contributed by atoms with Crippen molar-refractivity contribution in [3.8, 4) is 0 Å². The molecule has 1 aliphatic carbocycles. The van der Waals surface area contributed by atoms with E-state index >= 15 is 0 Å². The summed E-state index contributed by atoms with van der Waals surface area (Å²) in [4.78, 5) is 13.0. The van der Waals surface area contributed by atoms with Crippen molar-refractivity contribution in [3.05, 3.63) is 71.8 Å². The van der Waals surface area contributed by atoms with Crippen molar-refractivity contribution in [2.75, 3.05) is 5.75 Å². The topological polar surface area (TPSA) is 95.7 Å². The Bertz CT molecular complexity index is 911. The quantitative estimate of drug-likeness (QED) is 0.371. The monoisotopic (exact) mass is 431 g/mol. The maximum atomic E-state index is 13.0. The first-order valence-corrected chi connectivity index (χ1v) is 11.9. The number of esters is 1. The minimum atomic E-state index is -4.04. The van der Waals surface area contributed by atoms with Crippen molar-refractivity contribution in [2.24, 2.45) is 11.7 Å². The van der Waals surface area contributed by atoms with Crippen LogP contribution in [-0.2, 0) is 36.9 Å². The summed E-state index contributed by atoms with van der Waals surface area (Å²) in [5, 5.41) is 0. The van der Waals surface area contributed by atoms with Crippen molar-refractivity contribution in [3.63, 3.8) is 0 Å². The van der Waals surface area contributed by atoms with E-state index < -0.39 is 27.7 Å². The first-order valence-electron chi connectivity index (χ1n) is 10.4. The molecule has 162 valence electrons. The molecule has 0 saturated heterocycles. The SMILES string of the molecule is N[C@](OS(=O)(=O)CCc1ccccc1)(C(=O)OCc1ccccc1)C1CCCCC1. The average Bonchev–Trinajstić information content (AvgIpc) is 2.78. The fourth-order valence-electron chi connectivity index (χ4n) is 3.78. The fraction of sp³-hybridized carbons (Fsp3) is 0.435. The molecule has 3 rings (SSSR count). The van der Waals surface area contributed by atoms with Crippen molar-refractivity contribution in [2.45, 2.75) is 50.9 Å². The van der Waals surface area contributed by atoms with Gasteiger partial charge in [-0.3, -0.25) is 5.73 Å². The van der Waals surface area contributed by atoms with E-state index in [1.165, 1.54) is 0 Å². The number of rotatable bonds is 9. The van der Waals surface area contributed by atoms with Gasteiger partial charge in [-0.25, -0.2) is 8.98 Å². The molecule has 1 fully saturated rings. The molecule has 0 heterocycles. The molecule has 7 heteroatoms. The number of carbonyl (C=O) groups is 1. The van der Waals surface area contributed by atoms with Gasteiger partial charge in [0.05, 0.1) is 5.75 Å². The Hall–Kier alpha value is -2.22. The number of carbonyl (C=O) groups excluding carboxylic acids is 1. The molecule has 1 aliphatic rings. The van der Waals surface area contributed by atoms with Gasteiger partial charge in [0.25, 0.3) is 10.1 Å². The van der Waals surface area contributed by atoms with Gasteiger partial charge in [-0.2, -0.15) is 8.42 Å². The largest absolute Gasteiger partial charge is 0.458 e. The highest BCUT2D eigenvalue weighted by atomic mass is 32.2. The molecule has 1 atom stereocenters. The zero-order chi connectivity index (χ0) is 21.5. The Balaban J connectivity index is 1.72. The maximum Gasteiger partial charge on any atom is 0.355 e. The smallest absolute Gasteiger partial charge is 0.355 e. The summed E-state index contributed by atoms with van der Waals surface area (Å²) in [7, 11) is -4.04. The highest BCUT2D eigenvalue weighted by Crippen LogP contribution is 2.34. The predicted octanol–water partition coefficient (Wildman–Crippen LogP) is 3.55. The first kappa shape index (κ1) is 22.5. The molecule has 2 aromatic rings. The molecular weight excluding hydrogens is 402 g/mol. The maximum absolute atomic E-state index is 13.0. The molecule has 0 bridgehead atoms. The second kappa shape index (κ2) is 10.2. The number of hydrogen-bond acceptors (Lipinski definition) is 6. The van der Waals surface area contributed by atoms with E-state index in [4.69, 9.17) is 14.7 Å². The lowest BCUT2D eigenvalue weighted by Crippen LogP contribution is -2.58. The third-order valence-electron chi connectivity index (χ3n) is 5.49. The Morgan fingerprint density at radius 2 is 1.50 bits per heavy atom. The van der Waals surface area contributed by atoms with Crippen molar-refractivity contribution in [1.82, 2.24) is 0 Å². The molecule has 2 aromatic carbocycles. The number of nitrogens with two attached hydrogens (primary N) is 1. The number of aryl methyl sites for hydroxylation is 1. The number of benzene rings is 2. The number of ether oxygens (including phenoxy) is 1.